The van der Waals surface area contributed by atoms with E-state index in [-0.39, 0.29) is 5.91 Å². The van der Waals surface area contributed by atoms with Crippen molar-refractivity contribution in [1.29, 1.82) is 0 Å². The number of nitrogens with one attached hydrogen (secondary N) is 1. The monoisotopic (exact) mass is 285 g/mol. The summed E-state index contributed by atoms with van der Waals surface area (Å²) in [4.78, 5) is 12.1. The minimum absolute atomic E-state index is 0.108. The van der Waals surface area contributed by atoms with Crippen molar-refractivity contribution in [3.05, 3.63) is 71.0 Å². The van der Waals surface area contributed by atoms with Crippen LogP contribution < -0.4 is 5.32 Å². The number of benzene rings is 1. The zero-order valence-electron chi connectivity index (χ0n) is 10.6. The van der Waals surface area contributed by atoms with E-state index in [0.717, 1.165) is 11.1 Å². The summed E-state index contributed by atoms with van der Waals surface area (Å²) in [5.74, 6) is -0.108. The highest BCUT2D eigenvalue weighted by Crippen LogP contribution is 2.10. The predicted octanol–water partition coefficient (Wildman–Crippen LogP) is 2.92. The molecule has 3 rings (SSSR count). The molecule has 2 aromatic heterocycles. The number of fused-ring (bicyclic) bond motifs is 1. The van der Waals surface area contributed by atoms with Crippen LogP contribution in [0.2, 0.25) is 5.02 Å². The van der Waals surface area contributed by atoms with Crippen molar-refractivity contribution in [3.8, 4) is 0 Å². The lowest BCUT2D eigenvalue weighted by atomic mass is 10.2. The molecule has 1 aromatic carbocycles. The van der Waals surface area contributed by atoms with Crippen molar-refractivity contribution < 1.29 is 4.79 Å². The van der Waals surface area contributed by atoms with Crippen molar-refractivity contribution in [1.82, 2.24) is 14.9 Å². The van der Waals surface area contributed by atoms with Crippen molar-refractivity contribution in [2.75, 3.05) is 0 Å². The summed E-state index contributed by atoms with van der Waals surface area (Å²) in [6, 6.07) is 12.8. The second kappa shape index (κ2) is 5.35. The maximum Gasteiger partial charge on any atom is 0.251 e. The third kappa shape index (κ3) is 2.65. The van der Waals surface area contributed by atoms with Crippen LogP contribution in [0.15, 0.2) is 54.9 Å². The van der Waals surface area contributed by atoms with Crippen LogP contribution in [0.25, 0.3) is 5.52 Å². The van der Waals surface area contributed by atoms with Gasteiger partial charge in [0, 0.05) is 29.5 Å². The molecule has 0 saturated heterocycles. The van der Waals surface area contributed by atoms with Crippen LogP contribution in [-0.4, -0.2) is 15.5 Å². The summed E-state index contributed by atoms with van der Waals surface area (Å²) in [6.07, 6.45) is 3.47. The number of hydrogen-bond acceptors (Lipinski definition) is 2. The SMILES string of the molecule is O=C(NCc1ccc(Cl)cc1)c1ccn2nccc2c1. The van der Waals surface area contributed by atoms with Gasteiger partial charge in [-0.2, -0.15) is 5.10 Å². The van der Waals surface area contributed by atoms with Crippen molar-refractivity contribution in [2.24, 2.45) is 0 Å². The Morgan fingerprint density at radius 1 is 1.20 bits per heavy atom. The fraction of sp³-hybridized carbons (Fsp3) is 0.0667. The van der Waals surface area contributed by atoms with E-state index in [1.165, 1.54) is 0 Å². The molecule has 5 heteroatoms. The van der Waals surface area contributed by atoms with E-state index in [1.807, 2.05) is 24.3 Å². The van der Waals surface area contributed by atoms with Crippen molar-refractivity contribution in [2.45, 2.75) is 6.54 Å². The molecular formula is C15H12ClN3O. The molecule has 100 valence electrons. The van der Waals surface area contributed by atoms with E-state index in [2.05, 4.69) is 10.4 Å². The smallest absolute Gasteiger partial charge is 0.251 e. The Labute approximate surface area is 121 Å². The lowest BCUT2D eigenvalue weighted by Crippen LogP contribution is -2.22. The molecule has 0 unspecified atom stereocenters. The average Bonchev–Trinajstić information content (AvgIpc) is 2.93. The Morgan fingerprint density at radius 2 is 2.00 bits per heavy atom. The summed E-state index contributed by atoms with van der Waals surface area (Å²) in [7, 11) is 0. The van der Waals surface area contributed by atoms with Gasteiger partial charge in [0.2, 0.25) is 0 Å². The van der Waals surface area contributed by atoms with Gasteiger partial charge in [-0.05, 0) is 35.9 Å². The van der Waals surface area contributed by atoms with Crippen molar-refractivity contribution in [3.63, 3.8) is 0 Å². The Morgan fingerprint density at radius 3 is 2.80 bits per heavy atom. The normalized spacial score (nSPS) is 10.7. The van der Waals surface area contributed by atoms with E-state index in [1.54, 1.807) is 35.1 Å². The number of aromatic nitrogens is 2. The van der Waals surface area contributed by atoms with Crippen LogP contribution >= 0.6 is 11.6 Å². The standard InChI is InChI=1S/C15H12ClN3O/c16-13-3-1-11(2-4-13)10-17-15(20)12-6-8-19-14(9-12)5-7-18-19/h1-9H,10H2,(H,17,20). The first kappa shape index (κ1) is 12.7. The second-order valence-corrected chi connectivity index (χ2v) is 4.86. The quantitative estimate of drug-likeness (QED) is 0.804. The average molecular weight is 286 g/mol. The molecule has 0 fully saturated rings. The van der Waals surface area contributed by atoms with Crippen molar-refractivity contribution >= 4 is 23.0 Å². The molecule has 0 aliphatic heterocycles. The molecule has 0 spiro atoms. The number of halogens is 1. The van der Waals surface area contributed by atoms with Crippen LogP contribution in [0, 0.1) is 0 Å². The van der Waals surface area contributed by atoms with E-state index in [9.17, 15) is 4.79 Å². The molecule has 0 aliphatic rings. The van der Waals surface area contributed by atoms with Crippen LogP contribution in [0.5, 0.6) is 0 Å². The van der Waals surface area contributed by atoms with E-state index < -0.39 is 0 Å². The van der Waals surface area contributed by atoms with Gasteiger partial charge < -0.3 is 5.32 Å². The Hall–Kier alpha value is -2.33. The predicted molar refractivity (Wildman–Crippen MR) is 77.8 cm³/mol. The molecular weight excluding hydrogens is 274 g/mol. The molecule has 1 N–H and O–H groups in total. The van der Waals surface area contributed by atoms with Gasteiger partial charge in [-0.25, -0.2) is 4.52 Å². The lowest BCUT2D eigenvalue weighted by Gasteiger charge is -2.06. The van der Waals surface area contributed by atoms with Crippen LogP contribution in [0.3, 0.4) is 0 Å². The highest BCUT2D eigenvalue weighted by molar-refractivity contribution is 6.30. The molecule has 20 heavy (non-hydrogen) atoms. The maximum absolute atomic E-state index is 12.1. The molecule has 2 heterocycles. The lowest BCUT2D eigenvalue weighted by molar-refractivity contribution is 0.0951. The number of nitrogens with zero attached hydrogens (tertiary/aromatic N) is 2. The van der Waals surface area contributed by atoms with Gasteiger partial charge in [-0.1, -0.05) is 23.7 Å². The van der Waals surface area contributed by atoms with Crippen LogP contribution in [-0.2, 0) is 6.54 Å². The topological polar surface area (TPSA) is 46.4 Å². The second-order valence-electron chi connectivity index (χ2n) is 4.43. The highest BCUT2D eigenvalue weighted by Gasteiger charge is 2.06. The van der Waals surface area contributed by atoms with E-state index >= 15 is 0 Å². The Kier molecular flexibility index (Phi) is 3.39. The minimum Gasteiger partial charge on any atom is -0.348 e. The number of pyridine rings is 1. The molecule has 1 amide bonds. The molecule has 0 aliphatic carbocycles. The summed E-state index contributed by atoms with van der Waals surface area (Å²) < 4.78 is 1.72. The first-order valence-electron chi connectivity index (χ1n) is 6.18. The fourth-order valence-electron chi connectivity index (χ4n) is 1.95. The zero-order valence-corrected chi connectivity index (χ0v) is 11.3. The molecule has 3 aromatic rings. The summed E-state index contributed by atoms with van der Waals surface area (Å²) in [5, 5.41) is 7.66. The van der Waals surface area contributed by atoms with E-state index in [0.29, 0.717) is 17.1 Å². The summed E-state index contributed by atoms with van der Waals surface area (Å²) in [5.41, 5.74) is 2.52. The van der Waals surface area contributed by atoms with Crippen LogP contribution in [0.1, 0.15) is 15.9 Å². The first-order chi connectivity index (χ1) is 9.72. The van der Waals surface area contributed by atoms with Gasteiger partial charge >= 0.3 is 0 Å². The third-order valence-electron chi connectivity index (χ3n) is 3.03. The van der Waals surface area contributed by atoms with Gasteiger partial charge in [0.15, 0.2) is 0 Å². The molecule has 0 atom stereocenters. The first-order valence-corrected chi connectivity index (χ1v) is 6.56. The molecule has 0 radical (unpaired) electrons. The maximum atomic E-state index is 12.1. The van der Waals surface area contributed by atoms with Gasteiger partial charge in [-0.15, -0.1) is 0 Å². The number of carbonyl (C=O) groups is 1. The van der Waals surface area contributed by atoms with Gasteiger partial charge in [0.05, 0.1) is 5.52 Å². The number of rotatable bonds is 3. The Bertz CT molecular complexity index is 749. The molecule has 4 nitrogen and oxygen atoms in total. The van der Waals surface area contributed by atoms with Crippen LogP contribution in [0.4, 0.5) is 0 Å². The number of amides is 1. The van der Waals surface area contributed by atoms with Gasteiger partial charge in [0.1, 0.15) is 0 Å². The summed E-state index contributed by atoms with van der Waals surface area (Å²) in [6.45, 7) is 0.473. The van der Waals surface area contributed by atoms with Gasteiger partial charge in [0.25, 0.3) is 5.91 Å². The minimum atomic E-state index is -0.108. The third-order valence-corrected chi connectivity index (χ3v) is 3.28. The molecule has 0 bridgehead atoms. The Balaban J connectivity index is 1.70. The summed E-state index contributed by atoms with van der Waals surface area (Å²) >= 11 is 5.82. The molecule has 0 saturated carbocycles. The number of carbonyl (C=O) groups excluding carboxylic acids is 1. The number of hydrogen-bond donors (Lipinski definition) is 1. The van der Waals surface area contributed by atoms with E-state index in [4.69, 9.17) is 11.6 Å². The largest absolute Gasteiger partial charge is 0.348 e. The van der Waals surface area contributed by atoms with Gasteiger partial charge in [-0.3, -0.25) is 4.79 Å². The highest BCUT2D eigenvalue weighted by atomic mass is 35.5. The fourth-order valence-corrected chi connectivity index (χ4v) is 2.08. The zero-order chi connectivity index (χ0) is 13.9.